The van der Waals surface area contributed by atoms with Gasteiger partial charge < -0.3 is 0 Å². The molecule has 1 aliphatic rings. The van der Waals surface area contributed by atoms with E-state index in [1.54, 1.807) is 25.1 Å². The fraction of sp³-hybridized carbons (Fsp3) is 0.455. The van der Waals surface area contributed by atoms with Gasteiger partial charge in [-0.25, -0.2) is 18.2 Å². The number of hydrogen-bond acceptors (Lipinski definition) is 4. The maximum absolute atomic E-state index is 13.7. The number of halogens is 1. The van der Waals surface area contributed by atoms with Gasteiger partial charge in [-0.1, -0.05) is 25.1 Å². The van der Waals surface area contributed by atoms with Crippen molar-refractivity contribution in [1.29, 1.82) is 0 Å². The lowest BCUT2D eigenvalue weighted by Gasteiger charge is -2.18. The summed E-state index contributed by atoms with van der Waals surface area (Å²) in [6, 6.07) is 6.29. The highest BCUT2D eigenvalue weighted by Crippen LogP contribution is 2.27. The molecule has 0 aliphatic carbocycles. The van der Waals surface area contributed by atoms with E-state index in [9.17, 15) is 12.8 Å². The van der Waals surface area contributed by atoms with Crippen LogP contribution in [0.2, 0.25) is 0 Å². The SMILES string of the molecule is CCS(=O)(=O)C1NNCC1c1ccccc1F. The van der Waals surface area contributed by atoms with E-state index >= 15 is 0 Å². The number of hydrogen-bond donors (Lipinski definition) is 2. The van der Waals surface area contributed by atoms with E-state index in [1.165, 1.54) is 6.07 Å². The fourth-order valence-electron chi connectivity index (χ4n) is 2.05. The molecular weight excluding hydrogens is 243 g/mol. The van der Waals surface area contributed by atoms with Crippen molar-refractivity contribution in [3.63, 3.8) is 0 Å². The van der Waals surface area contributed by atoms with Gasteiger partial charge in [0.1, 0.15) is 11.2 Å². The lowest BCUT2D eigenvalue weighted by molar-refractivity contribution is 0.544. The largest absolute Gasteiger partial charge is 0.256 e. The first kappa shape index (κ1) is 12.5. The highest BCUT2D eigenvalue weighted by atomic mass is 32.2. The number of hydrazine groups is 1. The molecule has 0 amide bonds. The van der Waals surface area contributed by atoms with Crippen LogP contribution in [0.15, 0.2) is 24.3 Å². The quantitative estimate of drug-likeness (QED) is 0.841. The van der Waals surface area contributed by atoms with Gasteiger partial charge in [0.2, 0.25) is 0 Å². The van der Waals surface area contributed by atoms with Crippen LogP contribution in [0.25, 0.3) is 0 Å². The van der Waals surface area contributed by atoms with E-state index in [0.29, 0.717) is 12.1 Å². The molecule has 0 radical (unpaired) electrons. The van der Waals surface area contributed by atoms with E-state index in [1.807, 2.05) is 0 Å². The third-order valence-electron chi connectivity index (χ3n) is 3.03. The van der Waals surface area contributed by atoms with Gasteiger partial charge in [0.25, 0.3) is 0 Å². The van der Waals surface area contributed by atoms with Crippen LogP contribution in [0.1, 0.15) is 18.4 Å². The van der Waals surface area contributed by atoms with Crippen molar-refractivity contribution < 1.29 is 12.8 Å². The van der Waals surface area contributed by atoms with Gasteiger partial charge >= 0.3 is 0 Å². The lowest BCUT2D eigenvalue weighted by Crippen LogP contribution is -2.39. The molecule has 2 rings (SSSR count). The predicted molar refractivity (Wildman–Crippen MR) is 63.5 cm³/mol. The first-order chi connectivity index (χ1) is 8.06. The Morgan fingerprint density at radius 2 is 2.12 bits per heavy atom. The standard InChI is InChI=1S/C11H15FN2O2S/c1-2-17(15,16)11-9(7-13-14-11)8-5-3-4-6-10(8)12/h3-6,9,11,13-14H,2,7H2,1H3. The van der Waals surface area contributed by atoms with Crippen LogP contribution in [0.5, 0.6) is 0 Å². The average Bonchev–Trinajstić information content (AvgIpc) is 2.79. The molecule has 6 heteroatoms. The van der Waals surface area contributed by atoms with Crippen molar-refractivity contribution in [3.05, 3.63) is 35.6 Å². The molecule has 2 unspecified atom stereocenters. The summed E-state index contributed by atoms with van der Waals surface area (Å²) in [6.45, 7) is 2.00. The Kier molecular flexibility index (Phi) is 3.46. The average molecular weight is 258 g/mol. The second kappa shape index (κ2) is 4.72. The molecule has 4 nitrogen and oxygen atoms in total. The molecule has 1 aliphatic heterocycles. The maximum Gasteiger partial charge on any atom is 0.167 e. The maximum atomic E-state index is 13.7. The molecule has 1 aromatic rings. The molecule has 0 aromatic heterocycles. The van der Waals surface area contributed by atoms with Crippen LogP contribution in [0, 0.1) is 5.82 Å². The Morgan fingerprint density at radius 3 is 2.76 bits per heavy atom. The zero-order valence-corrected chi connectivity index (χ0v) is 10.3. The summed E-state index contributed by atoms with van der Waals surface area (Å²) < 4.78 is 37.4. The molecule has 0 bridgehead atoms. The van der Waals surface area contributed by atoms with Crippen LogP contribution in [0.3, 0.4) is 0 Å². The van der Waals surface area contributed by atoms with Gasteiger partial charge in [0, 0.05) is 18.2 Å². The third-order valence-corrected chi connectivity index (χ3v) is 5.05. The summed E-state index contributed by atoms with van der Waals surface area (Å²) in [6.07, 6.45) is 0. The van der Waals surface area contributed by atoms with E-state index in [-0.39, 0.29) is 17.5 Å². The lowest BCUT2D eigenvalue weighted by atomic mass is 10.00. The predicted octanol–water partition coefficient (Wildman–Crippen LogP) is 0.778. The van der Waals surface area contributed by atoms with Crippen LogP contribution in [-0.2, 0) is 9.84 Å². The molecule has 94 valence electrons. The van der Waals surface area contributed by atoms with Gasteiger partial charge in [0.05, 0.1) is 0 Å². The van der Waals surface area contributed by atoms with Crippen molar-refractivity contribution in [2.45, 2.75) is 18.2 Å². The molecule has 1 aromatic carbocycles. The highest BCUT2D eigenvalue weighted by Gasteiger charge is 2.38. The summed E-state index contributed by atoms with van der Waals surface area (Å²) in [5, 5.41) is -0.760. The molecule has 17 heavy (non-hydrogen) atoms. The van der Waals surface area contributed by atoms with Crippen molar-refractivity contribution in [1.82, 2.24) is 10.9 Å². The first-order valence-electron chi connectivity index (χ1n) is 5.50. The van der Waals surface area contributed by atoms with Gasteiger partial charge in [-0.3, -0.25) is 5.43 Å². The Balaban J connectivity index is 2.36. The monoisotopic (exact) mass is 258 g/mol. The molecule has 0 spiro atoms. The summed E-state index contributed by atoms with van der Waals surface area (Å²) >= 11 is 0. The van der Waals surface area contributed by atoms with Crippen LogP contribution in [0.4, 0.5) is 4.39 Å². The normalized spacial score (nSPS) is 25.1. The smallest absolute Gasteiger partial charge is 0.167 e. The Labute approximate surface area is 100 Å². The van der Waals surface area contributed by atoms with E-state index in [2.05, 4.69) is 10.9 Å². The summed E-state index contributed by atoms with van der Waals surface area (Å²) in [5.41, 5.74) is 5.95. The number of rotatable bonds is 3. The molecule has 0 saturated carbocycles. The molecule has 1 saturated heterocycles. The van der Waals surface area contributed by atoms with Crippen molar-refractivity contribution in [3.8, 4) is 0 Å². The van der Waals surface area contributed by atoms with E-state index in [0.717, 1.165) is 0 Å². The molecule has 1 fully saturated rings. The fourth-order valence-corrected chi connectivity index (χ4v) is 3.41. The second-order valence-electron chi connectivity index (χ2n) is 4.03. The number of nitrogens with one attached hydrogen (secondary N) is 2. The van der Waals surface area contributed by atoms with Gasteiger partial charge in [-0.15, -0.1) is 0 Å². The highest BCUT2D eigenvalue weighted by molar-refractivity contribution is 7.92. The minimum atomic E-state index is -3.25. The summed E-state index contributed by atoms with van der Waals surface area (Å²) in [5.74, 6) is -0.711. The summed E-state index contributed by atoms with van der Waals surface area (Å²) in [4.78, 5) is 0. The zero-order chi connectivity index (χ0) is 12.5. The minimum absolute atomic E-state index is 0.0390. The zero-order valence-electron chi connectivity index (χ0n) is 9.48. The van der Waals surface area contributed by atoms with Crippen LogP contribution >= 0.6 is 0 Å². The van der Waals surface area contributed by atoms with Gasteiger partial charge in [0.15, 0.2) is 9.84 Å². The van der Waals surface area contributed by atoms with E-state index in [4.69, 9.17) is 0 Å². The van der Waals surface area contributed by atoms with Crippen molar-refractivity contribution >= 4 is 9.84 Å². The third kappa shape index (κ3) is 2.34. The molecule has 2 N–H and O–H groups in total. The summed E-state index contributed by atoms with van der Waals surface area (Å²) in [7, 11) is -3.25. The Morgan fingerprint density at radius 1 is 1.41 bits per heavy atom. The van der Waals surface area contributed by atoms with Crippen molar-refractivity contribution in [2.75, 3.05) is 12.3 Å². The molecular formula is C11H15FN2O2S. The van der Waals surface area contributed by atoms with Crippen LogP contribution < -0.4 is 10.9 Å². The molecule has 1 heterocycles. The molecule has 2 atom stereocenters. The second-order valence-corrected chi connectivity index (χ2v) is 6.44. The van der Waals surface area contributed by atoms with Crippen LogP contribution in [-0.4, -0.2) is 26.1 Å². The van der Waals surface area contributed by atoms with Gasteiger partial charge in [-0.05, 0) is 11.6 Å². The van der Waals surface area contributed by atoms with Crippen molar-refractivity contribution in [2.24, 2.45) is 0 Å². The Hall–Kier alpha value is -0.980. The number of sulfone groups is 1. The number of benzene rings is 1. The van der Waals surface area contributed by atoms with E-state index < -0.39 is 15.2 Å². The van der Waals surface area contributed by atoms with Gasteiger partial charge in [-0.2, -0.15) is 0 Å². The Bertz CT molecular complexity index is 504. The minimum Gasteiger partial charge on any atom is -0.256 e. The first-order valence-corrected chi connectivity index (χ1v) is 7.22. The topological polar surface area (TPSA) is 58.2 Å².